The molecule has 0 atom stereocenters. The molecule has 0 unspecified atom stereocenters. The third kappa shape index (κ3) is 3.43. The third-order valence-electron chi connectivity index (χ3n) is 2.98. The average Bonchev–Trinajstić information content (AvgIpc) is 2.87. The minimum absolute atomic E-state index is 0.672. The highest BCUT2D eigenvalue weighted by atomic mass is 16.5. The molecule has 0 spiro atoms. The Labute approximate surface area is 113 Å². The summed E-state index contributed by atoms with van der Waals surface area (Å²) in [6, 6.07) is 9.87. The summed E-state index contributed by atoms with van der Waals surface area (Å²) in [5.41, 5.74) is 2.86. The van der Waals surface area contributed by atoms with Crippen LogP contribution in [0.3, 0.4) is 0 Å². The van der Waals surface area contributed by atoms with Gasteiger partial charge in [0.15, 0.2) is 0 Å². The lowest BCUT2D eigenvalue weighted by Crippen LogP contribution is -2.07. The van der Waals surface area contributed by atoms with Crippen LogP contribution in [0.25, 0.3) is 0 Å². The van der Waals surface area contributed by atoms with Crippen molar-refractivity contribution in [2.24, 2.45) is 0 Å². The fourth-order valence-electron chi connectivity index (χ4n) is 1.97. The number of nitrogens with zero attached hydrogens (tertiary/aromatic N) is 3. The molecule has 4 nitrogen and oxygen atoms in total. The molecule has 0 amide bonds. The number of ether oxygens (including phenoxy) is 1. The minimum atomic E-state index is 0.672. The van der Waals surface area contributed by atoms with Crippen molar-refractivity contribution in [1.82, 2.24) is 9.55 Å². The highest BCUT2D eigenvalue weighted by Gasteiger charge is 2.06. The first-order valence-electron chi connectivity index (χ1n) is 6.40. The smallest absolute Gasteiger partial charge is 0.0995 e. The van der Waals surface area contributed by atoms with E-state index in [2.05, 4.69) is 15.6 Å². The molecule has 98 valence electrons. The molecule has 0 radical (unpaired) electrons. The lowest BCUT2D eigenvalue weighted by molar-refractivity contribution is 0.149. The molecule has 2 aromatic rings. The van der Waals surface area contributed by atoms with E-state index < -0.39 is 0 Å². The summed E-state index contributed by atoms with van der Waals surface area (Å²) in [5, 5.41) is 9.09. The number of nitriles is 1. The molecule has 0 N–H and O–H groups in total. The zero-order valence-corrected chi connectivity index (χ0v) is 11.0. The predicted octanol–water partition coefficient (Wildman–Crippen LogP) is 2.38. The van der Waals surface area contributed by atoms with Gasteiger partial charge in [-0.05, 0) is 18.6 Å². The molecule has 1 heterocycles. The second-order valence-electron chi connectivity index (χ2n) is 4.23. The monoisotopic (exact) mass is 255 g/mol. The van der Waals surface area contributed by atoms with Crippen LogP contribution >= 0.6 is 0 Å². The molecule has 0 saturated carbocycles. The number of hydrogen-bond acceptors (Lipinski definition) is 3. The van der Waals surface area contributed by atoms with E-state index in [9.17, 15) is 0 Å². The molecule has 19 heavy (non-hydrogen) atoms. The Morgan fingerprint density at radius 2 is 2.21 bits per heavy atom. The van der Waals surface area contributed by atoms with Gasteiger partial charge in [-0.15, -0.1) is 0 Å². The molecule has 4 heteroatoms. The Balaban J connectivity index is 2.11. The van der Waals surface area contributed by atoms with E-state index in [1.807, 2.05) is 37.4 Å². The van der Waals surface area contributed by atoms with Crippen molar-refractivity contribution in [2.75, 3.05) is 13.2 Å². The second-order valence-corrected chi connectivity index (χ2v) is 4.23. The van der Waals surface area contributed by atoms with Gasteiger partial charge in [0.2, 0.25) is 0 Å². The van der Waals surface area contributed by atoms with Crippen molar-refractivity contribution in [3.05, 3.63) is 53.6 Å². The van der Waals surface area contributed by atoms with Crippen molar-refractivity contribution in [3.8, 4) is 6.07 Å². The SMILES string of the molecule is CCOCCc1cncn1Cc1ccccc1C#N. The van der Waals surface area contributed by atoms with E-state index in [4.69, 9.17) is 10.00 Å². The van der Waals surface area contributed by atoms with Gasteiger partial charge < -0.3 is 9.30 Å². The molecule has 0 aliphatic heterocycles. The largest absolute Gasteiger partial charge is 0.381 e. The minimum Gasteiger partial charge on any atom is -0.381 e. The van der Waals surface area contributed by atoms with Crippen LogP contribution in [-0.2, 0) is 17.7 Å². The van der Waals surface area contributed by atoms with E-state index in [1.165, 1.54) is 0 Å². The molecule has 0 bridgehead atoms. The molecule has 0 aliphatic rings. The maximum Gasteiger partial charge on any atom is 0.0995 e. The van der Waals surface area contributed by atoms with Gasteiger partial charge in [-0.2, -0.15) is 5.26 Å². The molecule has 0 aliphatic carbocycles. The normalized spacial score (nSPS) is 10.3. The lowest BCUT2D eigenvalue weighted by Gasteiger charge is -2.09. The van der Waals surface area contributed by atoms with Gasteiger partial charge in [-0.25, -0.2) is 4.98 Å². The van der Waals surface area contributed by atoms with Gasteiger partial charge in [0.05, 0.1) is 31.1 Å². The third-order valence-corrected chi connectivity index (χ3v) is 2.98. The van der Waals surface area contributed by atoms with Crippen molar-refractivity contribution in [1.29, 1.82) is 5.26 Å². The Kier molecular flexibility index (Phi) is 4.71. The van der Waals surface area contributed by atoms with Gasteiger partial charge in [-0.1, -0.05) is 18.2 Å². The predicted molar refractivity (Wildman–Crippen MR) is 72.7 cm³/mol. The molecule has 0 saturated heterocycles. The molecular weight excluding hydrogens is 238 g/mol. The van der Waals surface area contributed by atoms with Crippen LogP contribution < -0.4 is 0 Å². The molecule has 2 rings (SSSR count). The Bertz CT molecular complexity index is 569. The van der Waals surface area contributed by atoms with Crippen LogP contribution in [-0.4, -0.2) is 22.8 Å². The van der Waals surface area contributed by atoms with Crippen molar-refractivity contribution < 1.29 is 4.74 Å². The number of hydrogen-bond donors (Lipinski definition) is 0. The fraction of sp³-hybridized carbons (Fsp3) is 0.333. The van der Waals surface area contributed by atoms with E-state index >= 15 is 0 Å². The number of benzene rings is 1. The van der Waals surface area contributed by atoms with Gasteiger partial charge in [0.1, 0.15) is 0 Å². The Morgan fingerprint density at radius 1 is 1.37 bits per heavy atom. The van der Waals surface area contributed by atoms with Crippen LogP contribution in [0.2, 0.25) is 0 Å². The summed E-state index contributed by atoms with van der Waals surface area (Å²) in [7, 11) is 0. The van der Waals surface area contributed by atoms with Crippen LogP contribution in [0.1, 0.15) is 23.7 Å². The number of aromatic nitrogens is 2. The highest BCUT2D eigenvalue weighted by Crippen LogP contribution is 2.11. The quantitative estimate of drug-likeness (QED) is 0.745. The van der Waals surface area contributed by atoms with Crippen molar-refractivity contribution in [3.63, 3.8) is 0 Å². The first-order chi connectivity index (χ1) is 9.35. The first-order valence-corrected chi connectivity index (χ1v) is 6.40. The Hall–Kier alpha value is -2.12. The summed E-state index contributed by atoms with van der Waals surface area (Å²) < 4.78 is 7.43. The second kappa shape index (κ2) is 6.72. The maximum atomic E-state index is 9.09. The average molecular weight is 255 g/mol. The summed E-state index contributed by atoms with van der Waals surface area (Å²) in [5.74, 6) is 0. The van der Waals surface area contributed by atoms with E-state index in [1.54, 1.807) is 6.33 Å². The molecule has 0 fully saturated rings. The summed E-state index contributed by atoms with van der Waals surface area (Å²) in [6.07, 6.45) is 4.49. The summed E-state index contributed by atoms with van der Waals surface area (Å²) in [6.45, 7) is 4.08. The van der Waals surface area contributed by atoms with E-state index in [-0.39, 0.29) is 0 Å². The standard InChI is InChI=1S/C15H17N3O/c1-2-19-8-7-15-10-17-12-18(15)11-14-6-4-3-5-13(14)9-16/h3-6,10,12H,2,7-8,11H2,1H3. The van der Waals surface area contributed by atoms with Crippen LogP contribution in [0, 0.1) is 11.3 Å². The molecular formula is C15H17N3O. The van der Waals surface area contributed by atoms with E-state index in [0.29, 0.717) is 18.7 Å². The fourth-order valence-corrected chi connectivity index (χ4v) is 1.97. The Morgan fingerprint density at radius 3 is 3.00 bits per heavy atom. The number of rotatable bonds is 6. The van der Waals surface area contributed by atoms with Crippen LogP contribution in [0.4, 0.5) is 0 Å². The summed E-state index contributed by atoms with van der Waals surface area (Å²) in [4.78, 5) is 4.18. The first kappa shape index (κ1) is 13.3. The maximum absolute atomic E-state index is 9.09. The van der Waals surface area contributed by atoms with Gasteiger partial charge in [0.25, 0.3) is 0 Å². The highest BCUT2D eigenvalue weighted by molar-refractivity contribution is 5.37. The van der Waals surface area contributed by atoms with E-state index in [0.717, 1.165) is 24.3 Å². The molecule has 1 aromatic carbocycles. The van der Waals surface area contributed by atoms with Crippen molar-refractivity contribution >= 4 is 0 Å². The topological polar surface area (TPSA) is 50.8 Å². The lowest BCUT2D eigenvalue weighted by atomic mass is 10.1. The molecule has 1 aromatic heterocycles. The zero-order valence-electron chi connectivity index (χ0n) is 11.0. The van der Waals surface area contributed by atoms with Crippen LogP contribution in [0.5, 0.6) is 0 Å². The van der Waals surface area contributed by atoms with Gasteiger partial charge in [0, 0.05) is 24.9 Å². The zero-order chi connectivity index (χ0) is 13.5. The van der Waals surface area contributed by atoms with Gasteiger partial charge in [-0.3, -0.25) is 0 Å². The van der Waals surface area contributed by atoms with Crippen molar-refractivity contribution in [2.45, 2.75) is 19.9 Å². The van der Waals surface area contributed by atoms with Crippen LogP contribution in [0.15, 0.2) is 36.8 Å². The van der Waals surface area contributed by atoms with Gasteiger partial charge >= 0.3 is 0 Å². The number of imidazole rings is 1. The summed E-state index contributed by atoms with van der Waals surface area (Å²) >= 11 is 0.